The van der Waals surface area contributed by atoms with Crippen molar-refractivity contribution in [1.82, 2.24) is 10.1 Å². The van der Waals surface area contributed by atoms with Crippen LogP contribution >= 0.6 is 15.9 Å². The minimum absolute atomic E-state index is 0.0786. The summed E-state index contributed by atoms with van der Waals surface area (Å²) in [5, 5.41) is 3.84. The largest absolute Gasteiger partial charge is 0.497 e. The van der Waals surface area contributed by atoms with E-state index in [1.807, 2.05) is 0 Å². The van der Waals surface area contributed by atoms with Gasteiger partial charge in [0.15, 0.2) is 6.61 Å². The van der Waals surface area contributed by atoms with Crippen molar-refractivity contribution in [1.29, 1.82) is 0 Å². The number of nitrogens with zero attached hydrogens (tertiary/aromatic N) is 2. The highest BCUT2D eigenvalue weighted by atomic mass is 79.9. The Kier molecular flexibility index (Phi) is 5.08. The Balaban J connectivity index is 1.67. The normalized spacial score (nSPS) is 10.5. The molecule has 6 nitrogen and oxygen atoms in total. The van der Waals surface area contributed by atoms with Gasteiger partial charge in [-0.3, -0.25) is 0 Å². The standard InChI is InChI=1S/C17H12BrFN2O4/c1-23-12-5-2-10(3-6-12)16-20-15(25-21-16)9-24-17(22)13-8-11(19)4-7-14(13)18/h2-8H,9H2,1H3. The van der Waals surface area contributed by atoms with Crippen molar-refractivity contribution in [2.24, 2.45) is 0 Å². The summed E-state index contributed by atoms with van der Waals surface area (Å²) in [5.41, 5.74) is 0.810. The van der Waals surface area contributed by atoms with Crippen LogP contribution in [0.25, 0.3) is 11.4 Å². The first-order valence-corrected chi connectivity index (χ1v) is 7.95. The zero-order valence-corrected chi connectivity index (χ0v) is 14.6. The van der Waals surface area contributed by atoms with E-state index in [0.29, 0.717) is 16.0 Å². The number of carbonyl (C=O) groups is 1. The molecule has 2 aromatic carbocycles. The van der Waals surface area contributed by atoms with Crippen LogP contribution < -0.4 is 4.74 Å². The van der Waals surface area contributed by atoms with E-state index in [1.54, 1.807) is 31.4 Å². The molecule has 0 radical (unpaired) electrons. The minimum atomic E-state index is -0.699. The SMILES string of the molecule is COc1ccc(-c2noc(COC(=O)c3cc(F)ccc3Br)n2)cc1. The Morgan fingerprint density at radius 1 is 1.24 bits per heavy atom. The third kappa shape index (κ3) is 4.03. The molecule has 0 aliphatic heterocycles. The first-order valence-electron chi connectivity index (χ1n) is 7.16. The molecule has 0 spiro atoms. The van der Waals surface area contributed by atoms with Gasteiger partial charge in [0.2, 0.25) is 5.82 Å². The highest BCUT2D eigenvalue weighted by Gasteiger charge is 2.15. The quantitative estimate of drug-likeness (QED) is 0.596. The summed E-state index contributed by atoms with van der Waals surface area (Å²) < 4.78 is 28.9. The van der Waals surface area contributed by atoms with E-state index >= 15 is 0 Å². The van der Waals surface area contributed by atoms with Crippen molar-refractivity contribution in [3.8, 4) is 17.1 Å². The molecule has 0 aliphatic carbocycles. The fourth-order valence-corrected chi connectivity index (χ4v) is 2.44. The van der Waals surface area contributed by atoms with E-state index in [2.05, 4.69) is 26.1 Å². The van der Waals surface area contributed by atoms with Crippen molar-refractivity contribution in [3.05, 3.63) is 64.2 Å². The first-order chi connectivity index (χ1) is 12.1. The highest BCUT2D eigenvalue weighted by Crippen LogP contribution is 2.21. The number of benzene rings is 2. The lowest BCUT2D eigenvalue weighted by molar-refractivity contribution is 0.0428. The Morgan fingerprint density at radius 2 is 2.00 bits per heavy atom. The van der Waals surface area contributed by atoms with Crippen molar-refractivity contribution < 1.29 is 23.2 Å². The summed E-state index contributed by atoms with van der Waals surface area (Å²) in [5.74, 6) is -0.0281. The molecule has 0 fully saturated rings. The lowest BCUT2D eigenvalue weighted by Crippen LogP contribution is -2.06. The van der Waals surface area contributed by atoms with E-state index in [9.17, 15) is 9.18 Å². The number of carbonyl (C=O) groups excluding carboxylic acids is 1. The number of esters is 1. The van der Waals surface area contributed by atoms with Crippen LogP contribution in [0.3, 0.4) is 0 Å². The summed E-state index contributed by atoms with van der Waals surface area (Å²) >= 11 is 3.17. The zero-order chi connectivity index (χ0) is 17.8. The molecule has 0 N–H and O–H groups in total. The van der Waals surface area contributed by atoms with Crippen LogP contribution in [0.4, 0.5) is 4.39 Å². The van der Waals surface area contributed by atoms with Crippen molar-refractivity contribution in [3.63, 3.8) is 0 Å². The predicted molar refractivity (Wildman–Crippen MR) is 89.5 cm³/mol. The molecule has 128 valence electrons. The third-order valence-electron chi connectivity index (χ3n) is 3.29. The number of methoxy groups -OCH3 is 1. The molecule has 0 amide bonds. The summed E-state index contributed by atoms with van der Waals surface area (Å²) in [6, 6.07) is 10.9. The van der Waals surface area contributed by atoms with Crippen molar-refractivity contribution in [2.75, 3.05) is 7.11 Å². The van der Waals surface area contributed by atoms with Crippen LogP contribution in [0.5, 0.6) is 5.75 Å². The van der Waals surface area contributed by atoms with Gasteiger partial charge in [0, 0.05) is 10.0 Å². The van der Waals surface area contributed by atoms with Gasteiger partial charge in [0.1, 0.15) is 11.6 Å². The molecule has 0 unspecified atom stereocenters. The van der Waals surface area contributed by atoms with Gasteiger partial charge in [-0.2, -0.15) is 4.98 Å². The zero-order valence-electron chi connectivity index (χ0n) is 13.0. The molecule has 1 aromatic heterocycles. The molecule has 25 heavy (non-hydrogen) atoms. The van der Waals surface area contributed by atoms with Crippen LogP contribution in [-0.2, 0) is 11.3 Å². The Hall–Kier alpha value is -2.74. The second kappa shape index (κ2) is 7.43. The fraction of sp³-hybridized carbons (Fsp3) is 0.118. The molecular formula is C17H12BrFN2O4. The number of ether oxygens (including phenoxy) is 2. The topological polar surface area (TPSA) is 74.5 Å². The molecule has 0 bridgehead atoms. The number of aromatic nitrogens is 2. The minimum Gasteiger partial charge on any atom is -0.497 e. The highest BCUT2D eigenvalue weighted by molar-refractivity contribution is 9.10. The fourth-order valence-electron chi connectivity index (χ4n) is 2.03. The van der Waals surface area contributed by atoms with E-state index in [-0.39, 0.29) is 18.1 Å². The number of hydrogen-bond donors (Lipinski definition) is 0. The smallest absolute Gasteiger partial charge is 0.339 e. The molecule has 0 atom stereocenters. The van der Waals surface area contributed by atoms with Gasteiger partial charge in [-0.15, -0.1) is 0 Å². The van der Waals surface area contributed by atoms with Crippen LogP contribution in [0.15, 0.2) is 51.5 Å². The van der Waals surface area contributed by atoms with Crippen molar-refractivity contribution >= 4 is 21.9 Å². The van der Waals surface area contributed by atoms with Gasteiger partial charge in [0.05, 0.1) is 12.7 Å². The monoisotopic (exact) mass is 406 g/mol. The van der Waals surface area contributed by atoms with Crippen LogP contribution in [0.2, 0.25) is 0 Å². The second-order valence-electron chi connectivity index (χ2n) is 4.94. The Bertz CT molecular complexity index is 896. The molecule has 3 aromatic rings. The first kappa shape index (κ1) is 17.1. The maximum absolute atomic E-state index is 13.2. The second-order valence-corrected chi connectivity index (χ2v) is 5.79. The van der Waals surface area contributed by atoms with Gasteiger partial charge in [-0.25, -0.2) is 9.18 Å². The number of rotatable bonds is 5. The van der Waals surface area contributed by atoms with Crippen LogP contribution in [-0.4, -0.2) is 23.2 Å². The molecule has 1 heterocycles. The molecule has 0 saturated heterocycles. The van der Waals surface area contributed by atoms with Gasteiger partial charge >= 0.3 is 5.97 Å². The molecule has 3 rings (SSSR count). The van der Waals surface area contributed by atoms with Crippen LogP contribution in [0, 0.1) is 5.82 Å². The molecule has 8 heteroatoms. The van der Waals surface area contributed by atoms with Gasteiger partial charge in [-0.05, 0) is 58.4 Å². The maximum atomic E-state index is 13.2. The van der Waals surface area contributed by atoms with E-state index < -0.39 is 11.8 Å². The van der Waals surface area contributed by atoms with E-state index in [1.165, 1.54) is 12.1 Å². The summed E-state index contributed by atoms with van der Waals surface area (Å²) in [6.07, 6.45) is 0. The molecule has 0 saturated carbocycles. The van der Waals surface area contributed by atoms with E-state index in [4.69, 9.17) is 14.0 Å². The summed E-state index contributed by atoms with van der Waals surface area (Å²) in [6.45, 7) is -0.217. The average Bonchev–Trinajstić information content (AvgIpc) is 3.11. The number of halogens is 2. The Labute approximate surface area is 150 Å². The number of hydrogen-bond acceptors (Lipinski definition) is 6. The average molecular weight is 407 g/mol. The van der Waals surface area contributed by atoms with Gasteiger partial charge < -0.3 is 14.0 Å². The van der Waals surface area contributed by atoms with Gasteiger partial charge in [-0.1, -0.05) is 5.16 Å². The van der Waals surface area contributed by atoms with E-state index in [0.717, 1.165) is 11.6 Å². The van der Waals surface area contributed by atoms with Crippen molar-refractivity contribution in [2.45, 2.75) is 6.61 Å². The Morgan fingerprint density at radius 3 is 2.72 bits per heavy atom. The molecule has 0 aliphatic rings. The summed E-state index contributed by atoms with van der Waals surface area (Å²) in [4.78, 5) is 16.2. The van der Waals surface area contributed by atoms with Crippen LogP contribution in [0.1, 0.15) is 16.2 Å². The third-order valence-corrected chi connectivity index (χ3v) is 3.98. The molecular weight excluding hydrogens is 395 g/mol. The van der Waals surface area contributed by atoms with Gasteiger partial charge in [0.25, 0.3) is 5.89 Å². The maximum Gasteiger partial charge on any atom is 0.339 e. The predicted octanol–water partition coefficient (Wildman–Crippen LogP) is 4.00. The summed E-state index contributed by atoms with van der Waals surface area (Å²) in [7, 11) is 1.58. The lowest BCUT2D eigenvalue weighted by Gasteiger charge is -2.04. The lowest BCUT2D eigenvalue weighted by atomic mass is 10.2.